The minimum atomic E-state index is -0.316. The van der Waals surface area contributed by atoms with E-state index in [1.165, 1.54) is 11.3 Å². The molecule has 13 heavy (non-hydrogen) atoms. The Kier molecular flexibility index (Phi) is 4.39. The molecule has 1 atom stereocenters. The van der Waals surface area contributed by atoms with Crippen molar-refractivity contribution >= 4 is 27.3 Å². The first-order valence-electron chi connectivity index (χ1n) is 3.77. The number of nitrogens with zero attached hydrogens (tertiary/aromatic N) is 1. The van der Waals surface area contributed by atoms with Gasteiger partial charge >= 0.3 is 0 Å². The molecule has 1 aromatic heterocycles. The standard InChI is InChI=1S/C8H9BrN2OS/c9-8-2-1-7(13-8)6(5-10)11-3-4-12/h1-2,6,11-12H,3-4H2. The molecule has 2 N–H and O–H groups in total. The number of hydrogen-bond donors (Lipinski definition) is 2. The van der Waals surface area contributed by atoms with Crippen LogP contribution in [0.4, 0.5) is 0 Å². The Bertz CT molecular complexity index is 307. The van der Waals surface area contributed by atoms with Crippen LogP contribution in [0.15, 0.2) is 15.9 Å². The first-order valence-corrected chi connectivity index (χ1v) is 5.38. The second-order valence-electron chi connectivity index (χ2n) is 2.38. The Labute approximate surface area is 89.1 Å². The third kappa shape index (κ3) is 3.08. The van der Waals surface area contributed by atoms with Gasteiger partial charge in [0.05, 0.1) is 16.5 Å². The van der Waals surface area contributed by atoms with Gasteiger partial charge in [-0.25, -0.2) is 0 Å². The van der Waals surface area contributed by atoms with Gasteiger partial charge in [0.2, 0.25) is 0 Å². The molecular weight excluding hydrogens is 252 g/mol. The molecule has 1 unspecified atom stereocenters. The maximum atomic E-state index is 8.81. The van der Waals surface area contributed by atoms with Crippen molar-refractivity contribution in [3.05, 3.63) is 20.8 Å². The van der Waals surface area contributed by atoms with Crippen molar-refractivity contribution in [1.29, 1.82) is 5.26 Å². The van der Waals surface area contributed by atoms with Gasteiger partial charge in [0.15, 0.2) is 0 Å². The topological polar surface area (TPSA) is 56.0 Å². The summed E-state index contributed by atoms with van der Waals surface area (Å²) in [5, 5.41) is 20.3. The van der Waals surface area contributed by atoms with E-state index >= 15 is 0 Å². The second-order valence-corrected chi connectivity index (χ2v) is 4.88. The first kappa shape index (κ1) is 10.7. The summed E-state index contributed by atoms with van der Waals surface area (Å²) in [5.74, 6) is 0. The lowest BCUT2D eigenvalue weighted by atomic mass is 10.2. The molecule has 1 rings (SSSR count). The average molecular weight is 261 g/mol. The molecule has 0 fully saturated rings. The number of nitrogens with one attached hydrogen (secondary N) is 1. The molecule has 0 saturated carbocycles. The van der Waals surface area contributed by atoms with Crippen LogP contribution in [-0.4, -0.2) is 18.3 Å². The van der Waals surface area contributed by atoms with E-state index in [1.807, 2.05) is 12.1 Å². The Morgan fingerprint density at radius 1 is 1.69 bits per heavy atom. The lowest BCUT2D eigenvalue weighted by Gasteiger charge is -2.06. The van der Waals surface area contributed by atoms with Crippen LogP contribution < -0.4 is 5.32 Å². The van der Waals surface area contributed by atoms with E-state index < -0.39 is 0 Å². The van der Waals surface area contributed by atoms with Crippen molar-refractivity contribution in [2.45, 2.75) is 6.04 Å². The van der Waals surface area contributed by atoms with Crippen LogP contribution in [0.25, 0.3) is 0 Å². The van der Waals surface area contributed by atoms with Gasteiger partial charge in [-0.3, -0.25) is 5.32 Å². The predicted molar refractivity (Wildman–Crippen MR) is 55.5 cm³/mol. The summed E-state index contributed by atoms with van der Waals surface area (Å²) in [6.07, 6.45) is 0. The van der Waals surface area contributed by atoms with E-state index in [2.05, 4.69) is 27.3 Å². The maximum absolute atomic E-state index is 8.81. The Balaban J connectivity index is 2.63. The van der Waals surface area contributed by atoms with E-state index in [9.17, 15) is 0 Å². The molecule has 0 saturated heterocycles. The quantitative estimate of drug-likeness (QED) is 0.866. The van der Waals surface area contributed by atoms with E-state index in [4.69, 9.17) is 10.4 Å². The van der Waals surface area contributed by atoms with Crippen LogP contribution in [0.3, 0.4) is 0 Å². The third-order valence-corrected chi connectivity index (χ3v) is 3.16. The van der Waals surface area contributed by atoms with Gasteiger partial charge in [0, 0.05) is 11.4 Å². The van der Waals surface area contributed by atoms with Gasteiger partial charge in [-0.1, -0.05) is 0 Å². The zero-order chi connectivity index (χ0) is 9.68. The molecule has 0 aliphatic heterocycles. The Hall–Kier alpha value is -0.410. The summed E-state index contributed by atoms with van der Waals surface area (Å²) in [6, 6.07) is 5.62. The summed E-state index contributed by atoms with van der Waals surface area (Å²) in [5.41, 5.74) is 0. The lowest BCUT2D eigenvalue weighted by Crippen LogP contribution is -2.22. The molecule has 0 radical (unpaired) electrons. The van der Waals surface area contributed by atoms with Gasteiger partial charge in [-0.05, 0) is 28.1 Å². The summed E-state index contributed by atoms with van der Waals surface area (Å²) in [6.45, 7) is 0.485. The van der Waals surface area contributed by atoms with Crippen LogP contribution in [0, 0.1) is 11.3 Å². The maximum Gasteiger partial charge on any atom is 0.130 e. The second kappa shape index (κ2) is 5.35. The minimum Gasteiger partial charge on any atom is -0.395 e. The van der Waals surface area contributed by atoms with Crippen molar-refractivity contribution in [2.24, 2.45) is 0 Å². The number of thiophene rings is 1. The summed E-state index contributed by atoms with van der Waals surface area (Å²) in [7, 11) is 0. The van der Waals surface area contributed by atoms with E-state index in [1.54, 1.807) is 0 Å². The molecule has 0 bridgehead atoms. The van der Waals surface area contributed by atoms with Crippen molar-refractivity contribution in [1.82, 2.24) is 5.32 Å². The van der Waals surface area contributed by atoms with E-state index in [-0.39, 0.29) is 12.6 Å². The fourth-order valence-corrected chi connectivity index (χ4v) is 2.35. The SMILES string of the molecule is N#CC(NCCO)c1ccc(Br)s1. The molecule has 0 spiro atoms. The monoisotopic (exact) mass is 260 g/mol. The van der Waals surface area contributed by atoms with E-state index in [0.717, 1.165) is 8.66 Å². The summed E-state index contributed by atoms with van der Waals surface area (Å²) in [4.78, 5) is 0.961. The summed E-state index contributed by atoms with van der Waals surface area (Å²) >= 11 is 4.85. The number of hydrogen-bond acceptors (Lipinski definition) is 4. The van der Waals surface area contributed by atoms with Crippen LogP contribution in [0.1, 0.15) is 10.9 Å². The first-order chi connectivity index (χ1) is 6.27. The van der Waals surface area contributed by atoms with Gasteiger partial charge < -0.3 is 5.11 Å². The Morgan fingerprint density at radius 2 is 2.46 bits per heavy atom. The number of aliphatic hydroxyl groups is 1. The predicted octanol–water partition coefficient (Wildman–Crippen LogP) is 1.66. The third-order valence-electron chi connectivity index (χ3n) is 1.47. The zero-order valence-electron chi connectivity index (χ0n) is 6.83. The average Bonchev–Trinajstić information content (AvgIpc) is 2.54. The highest BCUT2D eigenvalue weighted by atomic mass is 79.9. The molecule has 1 aromatic rings. The smallest absolute Gasteiger partial charge is 0.130 e. The van der Waals surface area contributed by atoms with Crippen LogP contribution in [-0.2, 0) is 0 Å². The molecule has 5 heteroatoms. The number of nitriles is 1. The fourth-order valence-electron chi connectivity index (χ4n) is 0.902. The molecule has 0 aromatic carbocycles. The molecular formula is C8H9BrN2OS. The van der Waals surface area contributed by atoms with Crippen LogP contribution >= 0.6 is 27.3 Å². The van der Waals surface area contributed by atoms with Crippen LogP contribution in [0.2, 0.25) is 0 Å². The van der Waals surface area contributed by atoms with Gasteiger partial charge in [-0.2, -0.15) is 5.26 Å². The number of halogens is 1. The number of aliphatic hydroxyl groups excluding tert-OH is 1. The van der Waals surface area contributed by atoms with Crippen molar-refractivity contribution < 1.29 is 5.11 Å². The van der Waals surface area contributed by atoms with Crippen molar-refractivity contribution in [3.63, 3.8) is 0 Å². The largest absolute Gasteiger partial charge is 0.395 e. The van der Waals surface area contributed by atoms with Gasteiger partial charge in [0.25, 0.3) is 0 Å². The van der Waals surface area contributed by atoms with Gasteiger partial charge in [-0.15, -0.1) is 11.3 Å². The molecule has 1 heterocycles. The van der Waals surface area contributed by atoms with E-state index in [0.29, 0.717) is 6.54 Å². The highest BCUT2D eigenvalue weighted by molar-refractivity contribution is 9.11. The lowest BCUT2D eigenvalue weighted by molar-refractivity contribution is 0.289. The van der Waals surface area contributed by atoms with Crippen molar-refractivity contribution in [3.8, 4) is 6.07 Å². The fraction of sp³-hybridized carbons (Fsp3) is 0.375. The van der Waals surface area contributed by atoms with Crippen molar-refractivity contribution in [2.75, 3.05) is 13.2 Å². The molecule has 3 nitrogen and oxygen atoms in total. The highest BCUT2D eigenvalue weighted by Crippen LogP contribution is 2.26. The molecule has 70 valence electrons. The Morgan fingerprint density at radius 3 is 2.92 bits per heavy atom. The molecule has 0 aliphatic rings. The number of rotatable bonds is 4. The minimum absolute atomic E-state index is 0.0464. The normalized spacial score (nSPS) is 12.4. The zero-order valence-corrected chi connectivity index (χ0v) is 9.23. The molecule has 0 aliphatic carbocycles. The van der Waals surface area contributed by atoms with Gasteiger partial charge in [0.1, 0.15) is 6.04 Å². The molecule has 0 amide bonds. The van der Waals surface area contributed by atoms with Crippen LogP contribution in [0.5, 0.6) is 0 Å². The summed E-state index contributed by atoms with van der Waals surface area (Å²) < 4.78 is 1.01. The highest BCUT2D eigenvalue weighted by Gasteiger charge is 2.10.